The van der Waals surface area contributed by atoms with Crippen LogP contribution in [0.5, 0.6) is 11.5 Å². The van der Waals surface area contributed by atoms with Crippen molar-refractivity contribution in [2.75, 3.05) is 11.2 Å². The Balaban J connectivity index is 1.59. The van der Waals surface area contributed by atoms with Crippen molar-refractivity contribution in [1.29, 1.82) is 0 Å². The molecule has 4 aromatic rings. The molecule has 1 aliphatic heterocycles. The summed E-state index contributed by atoms with van der Waals surface area (Å²) in [6.45, 7) is 2.00. The van der Waals surface area contributed by atoms with Crippen molar-refractivity contribution in [3.63, 3.8) is 0 Å². The van der Waals surface area contributed by atoms with Crippen LogP contribution in [-0.4, -0.2) is 43.4 Å². The second kappa shape index (κ2) is 7.87. The van der Waals surface area contributed by atoms with Gasteiger partial charge in [0.1, 0.15) is 17.1 Å². The molecule has 3 N–H and O–H groups in total. The molecule has 0 unspecified atom stereocenters. The molecule has 162 valence electrons. The van der Waals surface area contributed by atoms with Crippen LogP contribution in [0.3, 0.4) is 0 Å². The lowest BCUT2D eigenvalue weighted by Gasteiger charge is -2.35. The topological polar surface area (TPSA) is 102 Å². The standard InChI is InChI=1S/C24H22N4O3S/c1-13-3-4-14-11-15(21-18-9-10-25-22(18)27-24(26-21)32-2)5-8-19(14)28(13)23(31)17-7-6-16(29)12-20(17)30/h5-13,29-30H,3-4H2,1-2H3,(H,25,26,27)/t13-/m0/s1. The summed E-state index contributed by atoms with van der Waals surface area (Å²) in [5.41, 5.74) is 4.68. The molecule has 8 heteroatoms. The minimum Gasteiger partial charge on any atom is -0.508 e. The Hall–Kier alpha value is -3.52. The Bertz CT molecular complexity index is 1350. The fraction of sp³-hybridized carbons (Fsp3) is 0.208. The predicted molar refractivity (Wildman–Crippen MR) is 125 cm³/mol. The molecule has 2 aromatic carbocycles. The summed E-state index contributed by atoms with van der Waals surface area (Å²) in [5.74, 6) is -0.601. The van der Waals surface area contributed by atoms with Gasteiger partial charge in [0.25, 0.3) is 5.91 Å². The van der Waals surface area contributed by atoms with Gasteiger partial charge in [-0.1, -0.05) is 17.8 Å². The van der Waals surface area contributed by atoms with Crippen molar-refractivity contribution >= 4 is 34.4 Å². The number of aryl methyl sites for hydroxylation is 1. The molecule has 32 heavy (non-hydrogen) atoms. The predicted octanol–water partition coefficient (Wildman–Crippen LogP) is 4.74. The Morgan fingerprint density at radius 3 is 2.78 bits per heavy atom. The van der Waals surface area contributed by atoms with Crippen LogP contribution in [0.2, 0.25) is 0 Å². The van der Waals surface area contributed by atoms with E-state index >= 15 is 0 Å². The van der Waals surface area contributed by atoms with Gasteiger partial charge < -0.3 is 20.1 Å². The number of hydrogen-bond acceptors (Lipinski definition) is 6. The SMILES string of the molecule is CSc1nc(-c2ccc3c(c2)CC[C@H](C)N3C(=O)c2ccc(O)cc2O)c2cc[nH]c2n1. The Morgan fingerprint density at radius 2 is 2.00 bits per heavy atom. The zero-order valence-electron chi connectivity index (χ0n) is 17.7. The van der Waals surface area contributed by atoms with Gasteiger partial charge in [-0.15, -0.1) is 0 Å². The van der Waals surface area contributed by atoms with E-state index in [1.165, 1.54) is 30.0 Å². The van der Waals surface area contributed by atoms with E-state index < -0.39 is 0 Å². The molecule has 0 fully saturated rings. The average Bonchev–Trinajstić information content (AvgIpc) is 3.26. The number of amides is 1. The lowest BCUT2D eigenvalue weighted by molar-refractivity contribution is 0.0972. The first-order valence-corrected chi connectivity index (χ1v) is 11.6. The second-order valence-electron chi connectivity index (χ2n) is 7.91. The van der Waals surface area contributed by atoms with E-state index in [1.54, 1.807) is 4.90 Å². The van der Waals surface area contributed by atoms with Crippen LogP contribution in [0, 0.1) is 0 Å². The fourth-order valence-corrected chi connectivity index (χ4v) is 4.64. The maximum absolute atomic E-state index is 13.3. The number of rotatable bonds is 3. The van der Waals surface area contributed by atoms with E-state index in [-0.39, 0.29) is 29.0 Å². The van der Waals surface area contributed by atoms with Crippen LogP contribution < -0.4 is 4.90 Å². The third-order valence-electron chi connectivity index (χ3n) is 5.89. The number of nitrogens with zero attached hydrogens (tertiary/aromatic N) is 3. The number of aromatic amines is 1. The summed E-state index contributed by atoms with van der Waals surface area (Å²) >= 11 is 1.49. The van der Waals surface area contributed by atoms with E-state index in [0.717, 1.165) is 46.4 Å². The zero-order valence-corrected chi connectivity index (χ0v) is 18.5. The van der Waals surface area contributed by atoms with Crippen molar-refractivity contribution in [1.82, 2.24) is 15.0 Å². The number of hydrogen-bond donors (Lipinski definition) is 3. The summed E-state index contributed by atoms with van der Waals surface area (Å²) < 4.78 is 0. The zero-order chi connectivity index (χ0) is 22.4. The number of H-pyrrole nitrogens is 1. The third-order valence-corrected chi connectivity index (χ3v) is 6.44. The molecule has 1 aliphatic rings. The van der Waals surface area contributed by atoms with Gasteiger partial charge in [-0.2, -0.15) is 0 Å². The Kier molecular flexibility index (Phi) is 5.01. The molecule has 0 spiro atoms. The third kappa shape index (κ3) is 3.36. The number of carbonyl (C=O) groups is 1. The van der Waals surface area contributed by atoms with Gasteiger partial charge in [0.2, 0.25) is 0 Å². The highest BCUT2D eigenvalue weighted by Gasteiger charge is 2.30. The van der Waals surface area contributed by atoms with Crippen molar-refractivity contribution in [2.45, 2.75) is 31.0 Å². The van der Waals surface area contributed by atoms with E-state index in [1.807, 2.05) is 37.6 Å². The molecule has 3 heterocycles. The molecular weight excluding hydrogens is 424 g/mol. The molecule has 0 radical (unpaired) electrons. The number of carbonyl (C=O) groups excluding carboxylic acids is 1. The number of benzene rings is 2. The Morgan fingerprint density at radius 1 is 1.16 bits per heavy atom. The number of nitrogens with one attached hydrogen (secondary N) is 1. The summed E-state index contributed by atoms with van der Waals surface area (Å²) in [7, 11) is 0. The smallest absolute Gasteiger partial charge is 0.262 e. The maximum atomic E-state index is 13.3. The summed E-state index contributed by atoms with van der Waals surface area (Å²) in [6, 6.07) is 12.0. The fourth-order valence-electron chi connectivity index (χ4n) is 4.27. The number of fused-ring (bicyclic) bond motifs is 2. The molecule has 2 aromatic heterocycles. The monoisotopic (exact) mass is 446 g/mol. The number of aromatic nitrogens is 3. The van der Waals surface area contributed by atoms with E-state index in [0.29, 0.717) is 5.16 Å². The summed E-state index contributed by atoms with van der Waals surface area (Å²) in [6.07, 6.45) is 5.45. The molecule has 0 saturated heterocycles. The minimum atomic E-state index is -0.288. The Labute approximate surface area is 189 Å². The number of anilines is 1. The summed E-state index contributed by atoms with van der Waals surface area (Å²) in [4.78, 5) is 27.5. The van der Waals surface area contributed by atoms with Gasteiger partial charge in [-0.05, 0) is 61.9 Å². The minimum absolute atomic E-state index is 0.0208. The maximum Gasteiger partial charge on any atom is 0.262 e. The van der Waals surface area contributed by atoms with Crippen LogP contribution in [-0.2, 0) is 6.42 Å². The first-order chi connectivity index (χ1) is 15.5. The average molecular weight is 447 g/mol. The van der Waals surface area contributed by atoms with E-state index in [2.05, 4.69) is 16.0 Å². The first kappa shape index (κ1) is 20.4. The molecule has 1 atom stereocenters. The second-order valence-corrected chi connectivity index (χ2v) is 8.68. The van der Waals surface area contributed by atoms with Gasteiger partial charge in [-0.25, -0.2) is 9.97 Å². The van der Waals surface area contributed by atoms with Gasteiger partial charge in [0.15, 0.2) is 5.16 Å². The van der Waals surface area contributed by atoms with Crippen LogP contribution in [0.1, 0.15) is 29.3 Å². The van der Waals surface area contributed by atoms with Crippen molar-refractivity contribution in [3.05, 3.63) is 59.8 Å². The molecule has 0 aliphatic carbocycles. The van der Waals surface area contributed by atoms with E-state index in [4.69, 9.17) is 4.98 Å². The van der Waals surface area contributed by atoms with Gasteiger partial charge in [0, 0.05) is 34.9 Å². The number of phenols is 2. The van der Waals surface area contributed by atoms with Crippen molar-refractivity contribution in [3.8, 4) is 22.8 Å². The highest BCUT2D eigenvalue weighted by atomic mass is 32.2. The molecular formula is C24H22N4O3S. The molecule has 7 nitrogen and oxygen atoms in total. The van der Waals surface area contributed by atoms with Crippen molar-refractivity contribution in [2.24, 2.45) is 0 Å². The van der Waals surface area contributed by atoms with Crippen LogP contribution in [0.15, 0.2) is 53.8 Å². The lowest BCUT2D eigenvalue weighted by Crippen LogP contribution is -2.42. The number of aromatic hydroxyl groups is 2. The van der Waals surface area contributed by atoms with Crippen molar-refractivity contribution < 1.29 is 15.0 Å². The molecule has 1 amide bonds. The molecule has 0 saturated carbocycles. The van der Waals surface area contributed by atoms with Crippen LogP contribution in [0.4, 0.5) is 5.69 Å². The van der Waals surface area contributed by atoms with E-state index in [9.17, 15) is 15.0 Å². The van der Waals surface area contributed by atoms with Gasteiger partial charge in [0.05, 0.1) is 11.3 Å². The normalized spacial score (nSPS) is 15.7. The number of thioether (sulfide) groups is 1. The first-order valence-electron chi connectivity index (χ1n) is 10.3. The molecule has 0 bridgehead atoms. The highest BCUT2D eigenvalue weighted by molar-refractivity contribution is 7.98. The van der Waals surface area contributed by atoms with Gasteiger partial charge >= 0.3 is 0 Å². The van der Waals surface area contributed by atoms with Gasteiger partial charge in [-0.3, -0.25) is 4.79 Å². The lowest BCUT2D eigenvalue weighted by atomic mass is 9.93. The van der Waals surface area contributed by atoms with Crippen LogP contribution in [0.25, 0.3) is 22.3 Å². The quantitative estimate of drug-likeness (QED) is 0.310. The largest absolute Gasteiger partial charge is 0.508 e. The summed E-state index contributed by atoms with van der Waals surface area (Å²) in [5, 5.41) is 21.4. The highest BCUT2D eigenvalue weighted by Crippen LogP contribution is 2.37. The molecule has 5 rings (SSSR count). The van der Waals surface area contributed by atoms with Crippen LogP contribution >= 0.6 is 11.8 Å². The number of phenolic OH excluding ortho intramolecular Hbond substituents is 2.